The molecule has 0 radical (unpaired) electrons. The van der Waals surface area contributed by atoms with Gasteiger partial charge in [-0.25, -0.2) is 19.9 Å². The summed E-state index contributed by atoms with van der Waals surface area (Å²) in [5, 5.41) is 23.8. The minimum absolute atomic E-state index is 0.0464. The van der Waals surface area contributed by atoms with Crippen molar-refractivity contribution in [2.45, 2.75) is 44.9 Å². The van der Waals surface area contributed by atoms with E-state index in [1.54, 1.807) is 18.3 Å². The van der Waals surface area contributed by atoms with Crippen molar-refractivity contribution in [2.75, 3.05) is 5.32 Å². The summed E-state index contributed by atoms with van der Waals surface area (Å²) >= 11 is 1.26. The number of thiazole rings is 1. The standard InChI is InChI=1S/C22H22F3N5O3S/c1-11-5-14(29-18(6-11)30-17-7-16(22(23,24)25)27-10-28-17)15-9-26-20(34-15)21(33)4-3-13(19(31)32)12(2)8-21/h5-7,9-10,12-13,33H,3-4,8H2,1-2H3,(H,31,32)(H,27,28,29,30)/t12-,13+,21-/m0/s1. The van der Waals surface area contributed by atoms with Crippen molar-refractivity contribution in [3.8, 4) is 10.6 Å². The Labute approximate surface area is 197 Å². The van der Waals surface area contributed by atoms with Crippen LogP contribution in [0.1, 0.15) is 42.5 Å². The number of carboxylic acids is 1. The third-order valence-electron chi connectivity index (χ3n) is 5.87. The summed E-state index contributed by atoms with van der Waals surface area (Å²) in [6, 6.07) is 4.28. The first-order valence-corrected chi connectivity index (χ1v) is 11.3. The van der Waals surface area contributed by atoms with Crippen LogP contribution in [-0.2, 0) is 16.6 Å². The van der Waals surface area contributed by atoms with Gasteiger partial charge in [-0.3, -0.25) is 4.79 Å². The van der Waals surface area contributed by atoms with E-state index in [-0.39, 0.29) is 11.7 Å². The fourth-order valence-corrected chi connectivity index (χ4v) is 5.20. The molecule has 180 valence electrons. The van der Waals surface area contributed by atoms with Gasteiger partial charge < -0.3 is 15.5 Å². The molecule has 12 heteroatoms. The molecule has 0 amide bonds. The van der Waals surface area contributed by atoms with Gasteiger partial charge in [0.15, 0.2) is 0 Å². The Morgan fingerprint density at radius 3 is 2.65 bits per heavy atom. The van der Waals surface area contributed by atoms with Crippen LogP contribution in [0.5, 0.6) is 0 Å². The number of hydrogen-bond donors (Lipinski definition) is 3. The SMILES string of the molecule is Cc1cc(Nc2cc(C(F)(F)F)ncn2)nc(-c2cnc([C@]3(O)CC[C@@H](C(=O)O)[C@@H](C)C3)s2)c1. The normalized spacial score (nSPS) is 23.0. The summed E-state index contributed by atoms with van der Waals surface area (Å²) in [5.74, 6) is -1.30. The quantitative estimate of drug-likeness (QED) is 0.465. The van der Waals surface area contributed by atoms with Gasteiger partial charge in [-0.15, -0.1) is 11.3 Å². The number of pyridine rings is 1. The molecule has 1 aliphatic rings. The molecule has 0 unspecified atom stereocenters. The molecule has 1 aliphatic carbocycles. The molecule has 3 atom stereocenters. The van der Waals surface area contributed by atoms with E-state index in [9.17, 15) is 28.2 Å². The molecule has 0 spiro atoms. The molecule has 0 bridgehead atoms. The van der Waals surface area contributed by atoms with E-state index in [0.29, 0.717) is 40.7 Å². The van der Waals surface area contributed by atoms with E-state index in [1.807, 2.05) is 13.8 Å². The number of aliphatic carboxylic acids is 1. The predicted octanol–water partition coefficient (Wildman–Crippen LogP) is 4.77. The van der Waals surface area contributed by atoms with Gasteiger partial charge >= 0.3 is 12.1 Å². The van der Waals surface area contributed by atoms with Crippen LogP contribution in [0.25, 0.3) is 10.6 Å². The van der Waals surface area contributed by atoms with Crippen molar-refractivity contribution in [2.24, 2.45) is 11.8 Å². The lowest BCUT2D eigenvalue weighted by Crippen LogP contribution is -2.38. The van der Waals surface area contributed by atoms with Gasteiger partial charge in [0, 0.05) is 12.3 Å². The molecule has 1 fully saturated rings. The van der Waals surface area contributed by atoms with Gasteiger partial charge in [0.05, 0.1) is 16.5 Å². The molecule has 0 aliphatic heterocycles. The molecular weight excluding hydrogens is 471 g/mol. The Hall–Kier alpha value is -3.12. The van der Waals surface area contributed by atoms with Crippen molar-refractivity contribution in [1.29, 1.82) is 0 Å². The largest absolute Gasteiger partial charge is 0.481 e. The summed E-state index contributed by atoms with van der Waals surface area (Å²) in [4.78, 5) is 28.0. The first kappa shape index (κ1) is 24.0. The Balaban J connectivity index is 1.57. The molecule has 3 aromatic rings. The molecule has 34 heavy (non-hydrogen) atoms. The number of aliphatic hydroxyl groups is 1. The lowest BCUT2D eigenvalue weighted by molar-refractivity contribution is -0.148. The molecule has 8 nitrogen and oxygen atoms in total. The van der Waals surface area contributed by atoms with Gasteiger partial charge in [0.1, 0.15) is 34.3 Å². The van der Waals surface area contributed by atoms with Crippen LogP contribution in [0, 0.1) is 18.8 Å². The number of anilines is 2. The van der Waals surface area contributed by atoms with Gasteiger partial charge in [-0.1, -0.05) is 6.92 Å². The number of hydrogen-bond acceptors (Lipinski definition) is 8. The first-order chi connectivity index (χ1) is 15.9. The maximum atomic E-state index is 12.9. The molecule has 3 heterocycles. The van der Waals surface area contributed by atoms with E-state index >= 15 is 0 Å². The van der Waals surface area contributed by atoms with Gasteiger partial charge in [0.2, 0.25) is 0 Å². The maximum absolute atomic E-state index is 12.9. The van der Waals surface area contributed by atoms with Gasteiger partial charge in [0.25, 0.3) is 0 Å². The topological polar surface area (TPSA) is 121 Å². The van der Waals surface area contributed by atoms with Crippen molar-refractivity contribution >= 4 is 28.9 Å². The van der Waals surface area contributed by atoms with E-state index in [4.69, 9.17) is 0 Å². The van der Waals surface area contributed by atoms with Crippen LogP contribution >= 0.6 is 11.3 Å². The second-order valence-corrected chi connectivity index (χ2v) is 9.58. The molecule has 0 saturated heterocycles. The average Bonchev–Trinajstić information content (AvgIpc) is 3.24. The second-order valence-electron chi connectivity index (χ2n) is 8.55. The summed E-state index contributed by atoms with van der Waals surface area (Å²) in [7, 11) is 0. The molecule has 4 rings (SSSR count). The highest BCUT2D eigenvalue weighted by Crippen LogP contribution is 2.45. The smallest absolute Gasteiger partial charge is 0.433 e. The average molecular weight is 494 g/mol. The number of carbonyl (C=O) groups is 1. The van der Waals surface area contributed by atoms with E-state index in [1.165, 1.54) is 11.3 Å². The number of nitrogens with one attached hydrogen (secondary N) is 1. The predicted molar refractivity (Wildman–Crippen MR) is 118 cm³/mol. The van der Waals surface area contributed by atoms with Crippen LogP contribution in [0.15, 0.2) is 30.7 Å². The summed E-state index contributed by atoms with van der Waals surface area (Å²) in [5.41, 5.74) is -0.937. The Morgan fingerprint density at radius 1 is 1.21 bits per heavy atom. The number of alkyl halides is 3. The van der Waals surface area contributed by atoms with Crippen LogP contribution in [-0.4, -0.2) is 36.1 Å². The van der Waals surface area contributed by atoms with Crippen LogP contribution in [0.2, 0.25) is 0 Å². The minimum atomic E-state index is -4.59. The van der Waals surface area contributed by atoms with Crippen LogP contribution in [0.4, 0.5) is 24.8 Å². The van der Waals surface area contributed by atoms with Crippen molar-refractivity contribution in [3.63, 3.8) is 0 Å². The molecule has 0 aromatic carbocycles. The number of aryl methyl sites for hydroxylation is 1. The third kappa shape index (κ3) is 5.02. The van der Waals surface area contributed by atoms with Crippen LogP contribution < -0.4 is 5.32 Å². The zero-order valence-electron chi connectivity index (χ0n) is 18.3. The number of aromatic nitrogens is 4. The van der Waals surface area contributed by atoms with E-state index in [2.05, 4.69) is 25.3 Å². The Morgan fingerprint density at radius 2 is 1.97 bits per heavy atom. The van der Waals surface area contributed by atoms with Gasteiger partial charge in [-0.05, 0) is 49.8 Å². The lowest BCUT2D eigenvalue weighted by atomic mass is 9.72. The van der Waals surface area contributed by atoms with Crippen LogP contribution in [0.3, 0.4) is 0 Å². The maximum Gasteiger partial charge on any atom is 0.433 e. The molecule has 3 aromatic heterocycles. The Kier molecular flexibility index (Phi) is 6.30. The highest BCUT2D eigenvalue weighted by atomic mass is 32.1. The fraction of sp³-hybridized carbons (Fsp3) is 0.409. The summed E-state index contributed by atoms with van der Waals surface area (Å²) in [6.07, 6.45) is -1.23. The zero-order valence-corrected chi connectivity index (χ0v) is 19.1. The number of rotatable bonds is 5. The monoisotopic (exact) mass is 493 g/mol. The Bertz CT molecular complexity index is 1220. The highest BCUT2D eigenvalue weighted by Gasteiger charge is 2.43. The fourth-order valence-electron chi connectivity index (χ4n) is 4.19. The van der Waals surface area contributed by atoms with Crippen molar-refractivity contribution in [3.05, 3.63) is 47.0 Å². The van der Waals surface area contributed by atoms with E-state index in [0.717, 1.165) is 18.0 Å². The first-order valence-electron chi connectivity index (χ1n) is 10.5. The molecule has 1 saturated carbocycles. The number of nitrogens with zero attached hydrogens (tertiary/aromatic N) is 4. The number of halogens is 3. The summed E-state index contributed by atoms with van der Waals surface area (Å²) < 4.78 is 38.8. The summed E-state index contributed by atoms with van der Waals surface area (Å²) in [6.45, 7) is 3.64. The lowest BCUT2D eigenvalue weighted by Gasteiger charge is -2.37. The molecular formula is C22H22F3N5O3S. The van der Waals surface area contributed by atoms with Crippen molar-refractivity contribution in [1.82, 2.24) is 19.9 Å². The molecule has 3 N–H and O–H groups in total. The zero-order chi connectivity index (χ0) is 24.7. The van der Waals surface area contributed by atoms with Gasteiger partial charge in [-0.2, -0.15) is 13.2 Å². The minimum Gasteiger partial charge on any atom is -0.481 e. The number of carboxylic acid groups (broad SMARTS) is 1. The third-order valence-corrected chi connectivity index (χ3v) is 7.09. The van der Waals surface area contributed by atoms with E-state index < -0.39 is 29.4 Å². The second kappa shape index (κ2) is 8.91. The van der Waals surface area contributed by atoms with Crippen molar-refractivity contribution < 1.29 is 28.2 Å². The highest BCUT2D eigenvalue weighted by molar-refractivity contribution is 7.15.